The van der Waals surface area contributed by atoms with Crippen LogP contribution in [0.2, 0.25) is 0 Å². The van der Waals surface area contributed by atoms with E-state index in [1.165, 1.54) is 0 Å². The minimum Gasteiger partial charge on any atom is -0.492 e. The number of carbonyl (C=O) groups excluding carboxylic acids is 1. The average molecular weight is 431 g/mol. The summed E-state index contributed by atoms with van der Waals surface area (Å²) < 4.78 is 12.9. The molecule has 3 N–H and O–H groups in total. The quantitative estimate of drug-likeness (QED) is 0.536. The molecular weight excluding hydrogens is 404 g/mol. The van der Waals surface area contributed by atoms with Crippen LogP contribution >= 0.6 is 12.4 Å². The first-order valence-corrected chi connectivity index (χ1v) is 9.59. The molecule has 0 spiro atoms. The number of hydrogen-bond donors (Lipinski definition) is 2. The molecule has 30 heavy (non-hydrogen) atoms. The van der Waals surface area contributed by atoms with Crippen LogP contribution in [0.3, 0.4) is 0 Å². The molecule has 0 saturated heterocycles. The molecule has 3 aromatic rings. The number of rotatable bonds is 9. The molecule has 0 radical (unpaired) electrons. The molecule has 0 atom stereocenters. The van der Waals surface area contributed by atoms with Gasteiger partial charge in [0, 0.05) is 12.2 Å². The third-order valence-corrected chi connectivity index (χ3v) is 3.99. The lowest BCUT2D eigenvalue weighted by molar-refractivity contribution is 0.101. The largest absolute Gasteiger partial charge is 0.492 e. The van der Waals surface area contributed by atoms with Crippen LogP contribution < -0.4 is 20.5 Å². The summed E-state index contributed by atoms with van der Waals surface area (Å²) in [6.07, 6.45) is 1.73. The number of ether oxygens (including phenoxy) is 2. The zero-order valence-electron chi connectivity index (χ0n) is 17.1. The van der Waals surface area contributed by atoms with Crippen LogP contribution in [0.1, 0.15) is 24.3 Å². The lowest BCUT2D eigenvalue weighted by Crippen LogP contribution is -2.15. The van der Waals surface area contributed by atoms with Gasteiger partial charge in [-0.25, -0.2) is 4.68 Å². The van der Waals surface area contributed by atoms with Crippen molar-refractivity contribution in [2.75, 3.05) is 25.1 Å². The number of halogens is 1. The Balaban J connectivity index is 0.00000320. The van der Waals surface area contributed by atoms with Crippen molar-refractivity contribution in [3.63, 3.8) is 0 Å². The second kappa shape index (κ2) is 11.2. The molecule has 160 valence electrons. The van der Waals surface area contributed by atoms with Gasteiger partial charge >= 0.3 is 0 Å². The molecule has 0 aliphatic carbocycles. The van der Waals surface area contributed by atoms with E-state index >= 15 is 0 Å². The number of carbonyl (C=O) groups is 1. The summed E-state index contributed by atoms with van der Waals surface area (Å²) in [4.78, 5) is 12.9. The van der Waals surface area contributed by atoms with Crippen molar-refractivity contribution >= 4 is 24.0 Å². The fourth-order valence-electron chi connectivity index (χ4n) is 2.59. The number of amides is 1. The SMILES string of the molecule is CC(C)COc1cn(-c2ccccc2)nc1C(=O)Nc1ccc(OCCN)cc1.Cl. The third-order valence-electron chi connectivity index (χ3n) is 3.99. The molecule has 0 aliphatic heterocycles. The normalized spacial score (nSPS) is 10.4. The van der Waals surface area contributed by atoms with E-state index in [2.05, 4.69) is 24.3 Å². The molecule has 7 nitrogen and oxygen atoms in total. The van der Waals surface area contributed by atoms with Crippen molar-refractivity contribution in [2.24, 2.45) is 11.7 Å². The molecule has 1 heterocycles. The molecule has 1 amide bonds. The summed E-state index contributed by atoms with van der Waals surface area (Å²) in [6, 6.07) is 16.7. The number of nitrogens with one attached hydrogen (secondary N) is 1. The van der Waals surface area contributed by atoms with Gasteiger partial charge in [-0.1, -0.05) is 32.0 Å². The molecule has 0 saturated carbocycles. The standard InChI is InChI=1S/C22H26N4O3.ClH/c1-16(2)15-29-20-14-26(18-6-4-3-5-7-18)25-21(20)22(27)24-17-8-10-19(11-9-17)28-13-12-23;/h3-11,14,16H,12-13,15,23H2,1-2H3,(H,24,27);1H. The van der Waals surface area contributed by atoms with Crippen molar-refractivity contribution < 1.29 is 14.3 Å². The number of aromatic nitrogens is 2. The van der Waals surface area contributed by atoms with Gasteiger partial charge < -0.3 is 20.5 Å². The van der Waals surface area contributed by atoms with E-state index in [4.69, 9.17) is 15.2 Å². The van der Waals surface area contributed by atoms with Gasteiger partial charge in [-0.05, 0) is 42.3 Å². The van der Waals surface area contributed by atoms with Crippen molar-refractivity contribution in [2.45, 2.75) is 13.8 Å². The topological polar surface area (TPSA) is 91.4 Å². The Bertz CT molecular complexity index is 927. The van der Waals surface area contributed by atoms with E-state index in [1.807, 2.05) is 30.3 Å². The molecular formula is C22H27ClN4O3. The predicted octanol–water partition coefficient (Wildman–Crippen LogP) is 3.92. The molecule has 2 aromatic carbocycles. The number of para-hydroxylation sites is 1. The van der Waals surface area contributed by atoms with E-state index in [1.54, 1.807) is 35.1 Å². The van der Waals surface area contributed by atoms with E-state index in [-0.39, 0.29) is 24.0 Å². The highest BCUT2D eigenvalue weighted by molar-refractivity contribution is 6.04. The third kappa shape index (κ3) is 6.23. The highest BCUT2D eigenvalue weighted by Crippen LogP contribution is 2.23. The second-order valence-corrected chi connectivity index (χ2v) is 6.94. The summed E-state index contributed by atoms with van der Waals surface area (Å²) in [7, 11) is 0. The van der Waals surface area contributed by atoms with Crippen molar-refractivity contribution in [1.29, 1.82) is 0 Å². The molecule has 0 fully saturated rings. The summed E-state index contributed by atoms with van der Waals surface area (Å²) >= 11 is 0. The number of hydrogen-bond acceptors (Lipinski definition) is 5. The maximum Gasteiger partial charge on any atom is 0.280 e. The monoisotopic (exact) mass is 430 g/mol. The fraction of sp³-hybridized carbons (Fsp3) is 0.273. The van der Waals surface area contributed by atoms with Crippen LogP contribution in [0.5, 0.6) is 11.5 Å². The highest BCUT2D eigenvalue weighted by atomic mass is 35.5. The van der Waals surface area contributed by atoms with Gasteiger partial charge in [0.2, 0.25) is 0 Å². The Morgan fingerprint density at radius 3 is 2.43 bits per heavy atom. The van der Waals surface area contributed by atoms with E-state index in [0.717, 1.165) is 5.69 Å². The zero-order chi connectivity index (χ0) is 20.6. The maximum atomic E-state index is 12.9. The predicted molar refractivity (Wildman–Crippen MR) is 120 cm³/mol. The van der Waals surface area contributed by atoms with Crippen LogP contribution in [-0.4, -0.2) is 35.4 Å². The minimum atomic E-state index is -0.339. The van der Waals surface area contributed by atoms with Crippen LogP contribution in [0.25, 0.3) is 5.69 Å². The Kier molecular flexibility index (Phi) is 8.70. The first-order chi connectivity index (χ1) is 14.1. The lowest BCUT2D eigenvalue weighted by Gasteiger charge is -2.09. The van der Waals surface area contributed by atoms with E-state index < -0.39 is 0 Å². The van der Waals surface area contributed by atoms with Crippen LogP contribution in [0, 0.1) is 5.92 Å². The Hall–Kier alpha value is -3.03. The Morgan fingerprint density at radius 2 is 1.80 bits per heavy atom. The van der Waals surface area contributed by atoms with Gasteiger partial charge in [0.25, 0.3) is 5.91 Å². The molecule has 0 aliphatic rings. The van der Waals surface area contributed by atoms with Gasteiger partial charge in [-0.15, -0.1) is 12.4 Å². The molecule has 8 heteroatoms. The van der Waals surface area contributed by atoms with E-state index in [0.29, 0.717) is 42.9 Å². The first-order valence-electron chi connectivity index (χ1n) is 9.59. The van der Waals surface area contributed by atoms with Gasteiger partial charge in [0.15, 0.2) is 11.4 Å². The van der Waals surface area contributed by atoms with Crippen LogP contribution in [0.4, 0.5) is 5.69 Å². The summed E-state index contributed by atoms with van der Waals surface area (Å²) in [5.74, 6) is 1.13. The number of benzene rings is 2. The van der Waals surface area contributed by atoms with Gasteiger partial charge in [0.1, 0.15) is 12.4 Å². The Labute approximate surface area is 182 Å². The average Bonchev–Trinajstić information content (AvgIpc) is 3.17. The van der Waals surface area contributed by atoms with Gasteiger partial charge in [0.05, 0.1) is 18.5 Å². The fourth-order valence-corrected chi connectivity index (χ4v) is 2.59. The zero-order valence-corrected chi connectivity index (χ0v) is 17.9. The van der Waals surface area contributed by atoms with Crippen molar-refractivity contribution in [3.8, 4) is 17.2 Å². The number of anilines is 1. The molecule has 0 bridgehead atoms. The molecule has 1 aromatic heterocycles. The van der Waals surface area contributed by atoms with Crippen LogP contribution in [-0.2, 0) is 0 Å². The van der Waals surface area contributed by atoms with Crippen molar-refractivity contribution in [3.05, 3.63) is 66.5 Å². The lowest BCUT2D eigenvalue weighted by atomic mass is 10.2. The molecule has 3 rings (SSSR count). The highest BCUT2D eigenvalue weighted by Gasteiger charge is 2.19. The summed E-state index contributed by atoms with van der Waals surface area (Å²) in [5.41, 5.74) is 7.16. The number of nitrogens with zero attached hydrogens (tertiary/aromatic N) is 2. The first kappa shape index (κ1) is 23.3. The van der Waals surface area contributed by atoms with Gasteiger partial charge in [-0.3, -0.25) is 4.79 Å². The smallest absolute Gasteiger partial charge is 0.280 e. The van der Waals surface area contributed by atoms with Crippen molar-refractivity contribution in [1.82, 2.24) is 9.78 Å². The van der Waals surface area contributed by atoms with E-state index in [9.17, 15) is 4.79 Å². The Morgan fingerprint density at radius 1 is 1.10 bits per heavy atom. The summed E-state index contributed by atoms with van der Waals surface area (Å²) in [5, 5.41) is 7.31. The summed E-state index contributed by atoms with van der Waals surface area (Å²) in [6.45, 7) is 5.49. The van der Waals surface area contributed by atoms with Crippen LogP contribution in [0.15, 0.2) is 60.8 Å². The second-order valence-electron chi connectivity index (χ2n) is 6.94. The van der Waals surface area contributed by atoms with Gasteiger partial charge in [-0.2, -0.15) is 5.10 Å². The maximum absolute atomic E-state index is 12.9. The number of nitrogens with two attached hydrogens (primary N) is 1. The molecule has 0 unspecified atom stereocenters. The minimum absolute atomic E-state index is 0.